The second kappa shape index (κ2) is 6.77. The van der Waals surface area contributed by atoms with E-state index in [0.717, 1.165) is 0 Å². The van der Waals surface area contributed by atoms with Gasteiger partial charge in [0.05, 0.1) is 21.3 Å². The summed E-state index contributed by atoms with van der Waals surface area (Å²) < 4.78 is 13.8. The molecule has 2 aromatic carbocycles. The maximum Gasteiger partial charge on any atom is 0.255 e. The Hall–Kier alpha value is -1.78. The van der Waals surface area contributed by atoms with E-state index in [1.807, 2.05) is 11.0 Å². The molecule has 1 aliphatic rings. The number of benzene rings is 2. The van der Waals surface area contributed by atoms with Crippen LogP contribution in [0.2, 0.25) is 10.0 Å². The van der Waals surface area contributed by atoms with Gasteiger partial charge in [-0.3, -0.25) is 4.79 Å². The number of hydrogen-bond donors (Lipinski definition) is 0. The molecule has 0 aliphatic carbocycles. The van der Waals surface area contributed by atoms with Gasteiger partial charge in [0.1, 0.15) is 5.82 Å². The average Bonchev–Trinajstić information content (AvgIpc) is 2.57. The molecule has 0 bridgehead atoms. The van der Waals surface area contributed by atoms with Crippen LogP contribution in [0.4, 0.5) is 10.1 Å². The molecule has 0 atom stereocenters. The summed E-state index contributed by atoms with van der Waals surface area (Å²) in [5.74, 6) is -0.393. The first-order valence-corrected chi connectivity index (χ1v) is 8.06. The number of carbonyl (C=O) groups excluding carboxylic acids is 1. The van der Waals surface area contributed by atoms with Crippen LogP contribution in [0, 0.1) is 5.82 Å². The van der Waals surface area contributed by atoms with Gasteiger partial charge in [-0.2, -0.15) is 0 Å². The van der Waals surface area contributed by atoms with Gasteiger partial charge in [-0.25, -0.2) is 4.39 Å². The van der Waals surface area contributed by atoms with Crippen molar-refractivity contribution in [1.82, 2.24) is 4.90 Å². The molecule has 0 unspecified atom stereocenters. The largest absolute Gasteiger partial charge is 0.366 e. The van der Waals surface area contributed by atoms with E-state index in [1.54, 1.807) is 35.2 Å². The molecule has 0 saturated carbocycles. The summed E-state index contributed by atoms with van der Waals surface area (Å²) in [5, 5.41) is 0.637. The lowest BCUT2D eigenvalue weighted by molar-refractivity contribution is 0.0747. The summed E-state index contributed by atoms with van der Waals surface area (Å²) in [6.45, 7) is 2.17. The van der Waals surface area contributed by atoms with Gasteiger partial charge in [0.2, 0.25) is 0 Å². The quantitative estimate of drug-likeness (QED) is 0.812. The van der Waals surface area contributed by atoms with Gasteiger partial charge in [-0.1, -0.05) is 41.4 Å². The number of anilines is 1. The Morgan fingerprint density at radius 1 is 0.957 bits per heavy atom. The predicted molar refractivity (Wildman–Crippen MR) is 91.0 cm³/mol. The Bertz CT molecular complexity index is 730. The van der Waals surface area contributed by atoms with E-state index < -0.39 is 0 Å². The summed E-state index contributed by atoms with van der Waals surface area (Å²) in [6.07, 6.45) is 0. The Kier molecular flexibility index (Phi) is 4.74. The Morgan fingerprint density at radius 3 is 2.35 bits per heavy atom. The topological polar surface area (TPSA) is 23.6 Å². The number of rotatable bonds is 2. The molecule has 1 amide bonds. The summed E-state index contributed by atoms with van der Waals surface area (Å²) in [6, 6.07) is 11.7. The molecule has 1 aliphatic heterocycles. The number of halogens is 3. The zero-order valence-electron chi connectivity index (χ0n) is 12.3. The first kappa shape index (κ1) is 16.1. The van der Waals surface area contributed by atoms with Crippen molar-refractivity contribution < 1.29 is 9.18 Å². The van der Waals surface area contributed by atoms with E-state index in [4.69, 9.17) is 23.2 Å². The third-order valence-corrected chi connectivity index (χ3v) is 4.76. The molecule has 0 spiro atoms. The number of hydrogen-bond acceptors (Lipinski definition) is 2. The van der Waals surface area contributed by atoms with Crippen molar-refractivity contribution in [1.29, 1.82) is 0 Å². The van der Waals surface area contributed by atoms with Crippen LogP contribution < -0.4 is 4.90 Å². The van der Waals surface area contributed by atoms with E-state index in [9.17, 15) is 9.18 Å². The van der Waals surface area contributed by atoms with Crippen molar-refractivity contribution in [2.24, 2.45) is 0 Å². The zero-order chi connectivity index (χ0) is 16.4. The molecule has 0 aromatic heterocycles. The smallest absolute Gasteiger partial charge is 0.255 e. The third-order valence-electron chi connectivity index (χ3n) is 3.94. The molecule has 120 valence electrons. The summed E-state index contributed by atoms with van der Waals surface area (Å²) >= 11 is 12.1. The van der Waals surface area contributed by atoms with E-state index >= 15 is 0 Å². The van der Waals surface area contributed by atoms with Crippen LogP contribution in [0.5, 0.6) is 0 Å². The van der Waals surface area contributed by atoms with E-state index in [2.05, 4.69) is 0 Å². The van der Waals surface area contributed by atoms with E-state index in [1.165, 1.54) is 6.07 Å². The fraction of sp³-hybridized carbons (Fsp3) is 0.235. The number of amides is 1. The van der Waals surface area contributed by atoms with Gasteiger partial charge in [-0.05, 0) is 24.3 Å². The molecule has 0 N–H and O–H groups in total. The average molecular weight is 353 g/mol. The van der Waals surface area contributed by atoms with Crippen molar-refractivity contribution in [3.63, 3.8) is 0 Å². The van der Waals surface area contributed by atoms with Gasteiger partial charge >= 0.3 is 0 Å². The van der Waals surface area contributed by atoms with Crippen LogP contribution >= 0.6 is 23.2 Å². The lowest BCUT2D eigenvalue weighted by atomic mass is 10.1. The number of carbonyl (C=O) groups is 1. The molecule has 3 rings (SSSR count). The first-order valence-electron chi connectivity index (χ1n) is 7.30. The Labute approximate surface area is 144 Å². The zero-order valence-corrected chi connectivity index (χ0v) is 13.8. The van der Waals surface area contributed by atoms with Crippen LogP contribution in [-0.2, 0) is 0 Å². The van der Waals surface area contributed by atoms with Crippen molar-refractivity contribution in [3.8, 4) is 0 Å². The lowest BCUT2D eigenvalue weighted by Crippen LogP contribution is -2.49. The van der Waals surface area contributed by atoms with Gasteiger partial charge in [0, 0.05) is 26.2 Å². The maximum absolute atomic E-state index is 13.8. The van der Waals surface area contributed by atoms with E-state index in [0.29, 0.717) is 42.5 Å². The molecule has 6 heteroatoms. The molecule has 3 nitrogen and oxygen atoms in total. The van der Waals surface area contributed by atoms with Gasteiger partial charge in [-0.15, -0.1) is 0 Å². The van der Waals surface area contributed by atoms with Crippen LogP contribution in [-0.4, -0.2) is 37.0 Å². The van der Waals surface area contributed by atoms with Crippen molar-refractivity contribution >= 4 is 34.8 Å². The van der Waals surface area contributed by atoms with Crippen LogP contribution in [0.15, 0.2) is 42.5 Å². The SMILES string of the molecule is O=C(c1cccc(Cl)c1Cl)N1CCN(c2ccccc2F)CC1. The van der Waals surface area contributed by atoms with Crippen molar-refractivity contribution in [3.05, 3.63) is 63.9 Å². The van der Waals surface area contributed by atoms with Crippen molar-refractivity contribution in [2.75, 3.05) is 31.1 Å². The number of nitrogens with zero attached hydrogens (tertiary/aromatic N) is 2. The fourth-order valence-corrected chi connectivity index (χ4v) is 3.08. The van der Waals surface area contributed by atoms with Crippen LogP contribution in [0.3, 0.4) is 0 Å². The predicted octanol–water partition coefficient (Wildman–Crippen LogP) is 4.09. The minimum atomic E-state index is -0.245. The number of piperazine rings is 1. The van der Waals surface area contributed by atoms with Crippen LogP contribution in [0.1, 0.15) is 10.4 Å². The van der Waals surface area contributed by atoms with Gasteiger partial charge in [0.15, 0.2) is 0 Å². The monoisotopic (exact) mass is 352 g/mol. The Balaban J connectivity index is 1.71. The molecule has 1 saturated heterocycles. The maximum atomic E-state index is 13.8. The second-order valence-electron chi connectivity index (χ2n) is 5.33. The highest BCUT2D eigenvalue weighted by Gasteiger charge is 2.25. The molecule has 0 radical (unpaired) electrons. The summed E-state index contributed by atoms with van der Waals surface area (Å²) in [4.78, 5) is 16.2. The van der Waals surface area contributed by atoms with Crippen molar-refractivity contribution in [2.45, 2.75) is 0 Å². The van der Waals surface area contributed by atoms with Gasteiger partial charge in [0.25, 0.3) is 5.91 Å². The minimum Gasteiger partial charge on any atom is -0.366 e. The minimum absolute atomic E-state index is 0.148. The highest BCUT2D eigenvalue weighted by molar-refractivity contribution is 6.43. The number of para-hydroxylation sites is 1. The summed E-state index contributed by atoms with van der Waals surface area (Å²) in [7, 11) is 0. The molecule has 2 aromatic rings. The molecular formula is C17H15Cl2FN2O. The fourth-order valence-electron chi connectivity index (χ4n) is 2.70. The highest BCUT2D eigenvalue weighted by Crippen LogP contribution is 2.27. The molecule has 23 heavy (non-hydrogen) atoms. The Morgan fingerprint density at radius 2 is 1.65 bits per heavy atom. The van der Waals surface area contributed by atoms with Gasteiger partial charge < -0.3 is 9.80 Å². The highest BCUT2D eigenvalue weighted by atomic mass is 35.5. The molecule has 1 fully saturated rings. The van der Waals surface area contributed by atoms with Crippen LogP contribution in [0.25, 0.3) is 0 Å². The molecular weight excluding hydrogens is 338 g/mol. The third kappa shape index (κ3) is 3.28. The first-order chi connectivity index (χ1) is 11.1. The van der Waals surface area contributed by atoms with E-state index in [-0.39, 0.29) is 16.7 Å². The molecule has 1 heterocycles. The summed E-state index contributed by atoms with van der Waals surface area (Å²) in [5.41, 5.74) is 0.971. The standard InChI is InChI=1S/C17H15Cl2FN2O/c18-13-5-3-4-12(16(13)19)17(23)22-10-8-21(9-11-22)15-7-2-1-6-14(15)20/h1-7H,8-11H2. The second-order valence-corrected chi connectivity index (χ2v) is 6.12. The lowest BCUT2D eigenvalue weighted by Gasteiger charge is -2.36. The normalized spacial score (nSPS) is 14.9.